The number of nitrogens with zero attached hydrogens (tertiary/aromatic N) is 2. The van der Waals surface area contributed by atoms with Crippen molar-refractivity contribution in [1.82, 2.24) is 15.1 Å². The number of aromatic nitrogens is 2. The quantitative estimate of drug-likeness (QED) is 0.427. The molecule has 6 nitrogen and oxygen atoms in total. The van der Waals surface area contributed by atoms with Crippen LogP contribution in [0.4, 0.5) is 4.39 Å². The largest absolute Gasteiger partial charge is 0.507 e. The maximum Gasteiger partial charge on any atom is 0.273 e. The third-order valence-electron chi connectivity index (χ3n) is 6.24. The van der Waals surface area contributed by atoms with Crippen molar-refractivity contribution < 1.29 is 19.0 Å². The highest BCUT2D eigenvalue weighted by Crippen LogP contribution is 2.46. The fourth-order valence-electron chi connectivity index (χ4n) is 4.75. The zero-order valence-corrected chi connectivity index (χ0v) is 19.1. The first-order chi connectivity index (χ1) is 16.4. The van der Waals surface area contributed by atoms with Crippen molar-refractivity contribution in [2.75, 3.05) is 7.11 Å². The van der Waals surface area contributed by atoms with Crippen molar-refractivity contribution >= 4 is 5.91 Å². The fraction of sp³-hybridized carbons (Fsp3) is 0.185. The summed E-state index contributed by atoms with van der Waals surface area (Å²) in [5.74, 6) is 0.234. The molecule has 5 rings (SSSR count). The third-order valence-corrected chi connectivity index (χ3v) is 6.24. The molecule has 0 aliphatic carbocycles. The first-order valence-corrected chi connectivity index (χ1v) is 11.0. The van der Waals surface area contributed by atoms with Crippen LogP contribution < -0.4 is 4.74 Å². The monoisotopic (exact) mass is 457 g/mol. The Bertz CT molecular complexity index is 1370. The van der Waals surface area contributed by atoms with Gasteiger partial charge in [-0.05, 0) is 66.4 Å². The molecule has 0 saturated heterocycles. The second-order valence-corrected chi connectivity index (χ2v) is 8.58. The lowest BCUT2D eigenvalue weighted by Crippen LogP contribution is -2.29. The van der Waals surface area contributed by atoms with Gasteiger partial charge in [0.1, 0.15) is 28.7 Å². The number of halogens is 1. The van der Waals surface area contributed by atoms with Crippen molar-refractivity contribution in [3.8, 4) is 22.8 Å². The van der Waals surface area contributed by atoms with E-state index in [1.54, 1.807) is 30.2 Å². The molecule has 2 N–H and O–H groups in total. The van der Waals surface area contributed by atoms with E-state index in [-0.39, 0.29) is 24.0 Å². The first kappa shape index (κ1) is 21.7. The number of ether oxygens (including phenoxy) is 1. The van der Waals surface area contributed by atoms with E-state index >= 15 is 0 Å². The number of hydrogen-bond donors (Lipinski definition) is 2. The van der Waals surface area contributed by atoms with Crippen LogP contribution in [0.25, 0.3) is 11.3 Å². The summed E-state index contributed by atoms with van der Waals surface area (Å²) in [7, 11) is 1.59. The SMILES string of the molecule is COc1cccc(C2c3c(-c4c(C)cc(C)cc4O)n[nH]c3C(=O)N2Cc2ccc(F)cc2)c1. The second kappa shape index (κ2) is 8.33. The first-order valence-electron chi connectivity index (χ1n) is 11.0. The van der Waals surface area contributed by atoms with Crippen molar-refractivity contribution in [1.29, 1.82) is 0 Å². The van der Waals surface area contributed by atoms with Gasteiger partial charge < -0.3 is 14.7 Å². The Labute approximate surface area is 196 Å². The van der Waals surface area contributed by atoms with Crippen molar-refractivity contribution in [2.24, 2.45) is 0 Å². The molecule has 34 heavy (non-hydrogen) atoms. The van der Waals surface area contributed by atoms with Crippen LogP contribution in [0.1, 0.15) is 44.3 Å². The average Bonchev–Trinajstić information content (AvgIpc) is 3.34. The number of carbonyl (C=O) groups excluding carboxylic acids is 1. The van der Waals surface area contributed by atoms with Crippen LogP contribution in [0, 0.1) is 19.7 Å². The van der Waals surface area contributed by atoms with Gasteiger partial charge in [-0.2, -0.15) is 5.10 Å². The van der Waals surface area contributed by atoms with E-state index in [4.69, 9.17) is 4.74 Å². The Hall–Kier alpha value is -4.13. The van der Waals surface area contributed by atoms with E-state index in [1.165, 1.54) is 12.1 Å². The molecule has 3 aromatic carbocycles. The molecule has 0 spiro atoms. The molecule has 2 heterocycles. The Morgan fingerprint density at radius 1 is 1.12 bits per heavy atom. The summed E-state index contributed by atoms with van der Waals surface area (Å²) in [6.45, 7) is 4.11. The number of amides is 1. The van der Waals surface area contributed by atoms with Crippen LogP contribution in [-0.4, -0.2) is 33.2 Å². The maximum absolute atomic E-state index is 13.6. The lowest BCUT2D eigenvalue weighted by Gasteiger charge is -2.27. The molecule has 1 aliphatic heterocycles. The molecule has 1 aliphatic rings. The number of phenolic OH excluding ortho intramolecular Hbond substituents is 1. The van der Waals surface area contributed by atoms with Gasteiger partial charge in [0.2, 0.25) is 0 Å². The number of H-pyrrole nitrogens is 1. The molecular weight excluding hydrogens is 433 g/mol. The number of rotatable bonds is 5. The number of nitrogens with one attached hydrogen (secondary N) is 1. The van der Waals surface area contributed by atoms with Crippen LogP contribution in [-0.2, 0) is 6.54 Å². The Kier molecular flexibility index (Phi) is 5.32. The van der Waals surface area contributed by atoms with Gasteiger partial charge in [0, 0.05) is 17.7 Å². The summed E-state index contributed by atoms with van der Waals surface area (Å²) >= 11 is 0. The third kappa shape index (κ3) is 3.59. The molecule has 1 aromatic heterocycles. The maximum atomic E-state index is 13.6. The normalized spacial score (nSPS) is 15.0. The number of carbonyl (C=O) groups is 1. The minimum atomic E-state index is -0.475. The number of hydrogen-bond acceptors (Lipinski definition) is 4. The van der Waals surface area contributed by atoms with Gasteiger partial charge in [0.05, 0.1) is 13.2 Å². The van der Waals surface area contributed by atoms with Gasteiger partial charge in [-0.25, -0.2) is 4.39 Å². The minimum absolute atomic E-state index is 0.112. The van der Waals surface area contributed by atoms with Gasteiger partial charge in [-0.15, -0.1) is 0 Å². The lowest BCUT2D eigenvalue weighted by atomic mass is 9.93. The Balaban J connectivity index is 1.69. The van der Waals surface area contributed by atoms with Gasteiger partial charge in [0.25, 0.3) is 5.91 Å². The van der Waals surface area contributed by atoms with E-state index in [0.717, 1.165) is 22.3 Å². The van der Waals surface area contributed by atoms with Gasteiger partial charge in [-0.1, -0.05) is 30.3 Å². The number of methoxy groups -OCH3 is 1. The van der Waals surface area contributed by atoms with Crippen molar-refractivity contribution in [3.05, 3.63) is 100.0 Å². The molecule has 0 fully saturated rings. The molecule has 7 heteroatoms. The van der Waals surface area contributed by atoms with E-state index in [0.29, 0.717) is 28.3 Å². The average molecular weight is 458 g/mol. The molecule has 0 bridgehead atoms. The second-order valence-electron chi connectivity index (χ2n) is 8.58. The predicted octanol–water partition coefficient (Wildman–Crippen LogP) is 5.29. The smallest absolute Gasteiger partial charge is 0.273 e. The van der Waals surface area contributed by atoms with E-state index < -0.39 is 6.04 Å². The Morgan fingerprint density at radius 2 is 1.88 bits per heavy atom. The zero-order valence-electron chi connectivity index (χ0n) is 19.1. The fourth-order valence-corrected chi connectivity index (χ4v) is 4.75. The number of phenols is 1. The van der Waals surface area contributed by atoms with Gasteiger partial charge >= 0.3 is 0 Å². The van der Waals surface area contributed by atoms with E-state index in [1.807, 2.05) is 44.2 Å². The zero-order chi connectivity index (χ0) is 24.0. The predicted molar refractivity (Wildman–Crippen MR) is 126 cm³/mol. The molecule has 0 radical (unpaired) electrons. The highest BCUT2D eigenvalue weighted by atomic mass is 19.1. The van der Waals surface area contributed by atoms with Gasteiger partial charge in [-0.3, -0.25) is 9.89 Å². The van der Waals surface area contributed by atoms with Crippen LogP contribution >= 0.6 is 0 Å². The molecular formula is C27H24FN3O3. The molecule has 1 unspecified atom stereocenters. The van der Waals surface area contributed by atoms with Crippen LogP contribution in [0.15, 0.2) is 60.7 Å². The summed E-state index contributed by atoms with van der Waals surface area (Å²) < 4.78 is 18.9. The van der Waals surface area contributed by atoms with E-state index in [9.17, 15) is 14.3 Å². The van der Waals surface area contributed by atoms with Crippen LogP contribution in [0.5, 0.6) is 11.5 Å². The summed E-state index contributed by atoms with van der Waals surface area (Å²) in [6.07, 6.45) is 0. The van der Waals surface area contributed by atoms with Gasteiger partial charge in [0.15, 0.2) is 0 Å². The molecule has 1 amide bonds. The van der Waals surface area contributed by atoms with Crippen LogP contribution in [0.2, 0.25) is 0 Å². The summed E-state index contributed by atoms with van der Waals surface area (Å²) in [6, 6.07) is 16.9. The number of benzene rings is 3. The highest BCUT2D eigenvalue weighted by Gasteiger charge is 2.42. The topological polar surface area (TPSA) is 78.5 Å². The molecule has 0 saturated carbocycles. The summed E-state index contributed by atoms with van der Waals surface area (Å²) in [4.78, 5) is 15.3. The number of aryl methyl sites for hydroxylation is 2. The highest BCUT2D eigenvalue weighted by molar-refractivity contribution is 6.00. The minimum Gasteiger partial charge on any atom is -0.507 e. The standard InChI is InChI=1S/C27H24FN3O3/c1-15-11-16(2)22(21(32)12-15)24-23-25(30-29-24)27(33)31(14-17-7-9-19(28)10-8-17)26(23)18-5-4-6-20(13-18)34-3/h4-13,26,32H,14H2,1-3H3,(H,29,30). The summed E-state index contributed by atoms with van der Waals surface area (Å²) in [5.41, 5.74) is 5.65. The number of aromatic hydroxyl groups is 1. The summed E-state index contributed by atoms with van der Waals surface area (Å²) in [5, 5.41) is 18.2. The molecule has 1 atom stereocenters. The van der Waals surface area contributed by atoms with Crippen molar-refractivity contribution in [2.45, 2.75) is 26.4 Å². The number of aromatic amines is 1. The lowest BCUT2D eigenvalue weighted by molar-refractivity contribution is 0.0730. The van der Waals surface area contributed by atoms with E-state index in [2.05, 4.69) is 10.2 Å². The van der Waals surface area contributed by atoms with Crippen LogP contribution in [0.3, 0.4) is 0 Å². The number of fused-ring (bicyclic) bond motifs is 1. The van der Waals surface area contributed by atoms with Crippen molar-refractivity contribution in [3.63, 3.8) is 0 Å². The molecule has 172 valence electrons. The molecule has 4 aromatic rings. The Morgan fingerprint density at radius 3 is 2.59 bits per heavy atom.